The molecule has 0 aliphatic rings. The molecule has 0 aliphatic carbocycles. The summed E-state index contributed by atoms with van der Waals surface area (Å²) in [7, 11) is -3.77. The quantitative estimate of drug-likeness (QED) is 0.850. The maximum atomic E-state index is 12.2. The molecule has 0 bridgehead atoms. The normalized spacial score (nSPS) is 11.0. The van der Waals surface area contributed by atoms with Gasteiger partial charge in [-0.2, -0.15) is 0 Å². The van der Waals surface area contributed by atoms with Gasteiger partial charge in [0.05, 0.1) is 0 Å². The van der Waals surface area contributed by atoms with Gasteiger partial charge in [0.15, 0.2) is 0 Å². The maximum Gasteiger partial charge on any atom is 0.267 e. The first kappa shape index (κ1) is 13.2. The number of hydrogen-bond donors (Lipinski definition) is 2. The first-order valence-electron chi connectivity index (χ1n) is 5.62. The fraction of sp³-hybridized carbons (Fsp3) is 0.182. The third kappa shape index (κ3) is 3.16. The summed E-state index contributed by atoms with van der Waals surface area (Å²) >= 11 is 0. The van der Waals surface area contributed by atoms with Crippen molar-refractivity contribution in [2.24, 2.45) is 0 Å². The molecule has 100 valence electrons. The smallest absolute Gasteiger partial charge is 0.267 e. The van der Waals surface area contributed by atoms with E-state index in [0.29, 0.717) is 12.4 Å². The van der Waals surface area contributed by atoms with Gasteiger partial charge in [-0.15, -0.1) is 0 Å². The average molecular weight is 279 g/mol. The van der Waals surface area contributed by atoms with Crippen LogP contribution in [0.3, 0.4) is 0 Å². The topological polar surface area (TPSA) is 96.9 Å². The Morgan fingerprint density at radius 1 is 1.11 bits per heavy atom. The molecule has 2 aromatic rings. The van der Waals surface area contributed by atoms with Gasteiger partial charge < -0.3 is 5.32 Å². The van der Waals surface area contributed by atoms with Crippen LogP contribution >= 0.6 is 0 Å². The summed E-state index contributed by atoms with van der Waals surface area (Å²) in [5, 5.41) is 2.90. The predicted molar refractivity (Wildman–Crippen MR) is 71.2 cm³/mol. The molecule has 0 unspecified atom stereocenters. The Bertz CT molecular complexity index is 645. The van der Waals surface area contributed by atoms with Crippen molar-refractivity contribution in [2.75, 3.05) is 16.6 Å². The van der Waals surface area contributed by atoms with Crippen molar-refractivity contribution in [2.45, 2.75) is 11.8 Å². The highest BCUT2D eigenvalue weighted by Gasteiger charge is 2.20. The van der Waals surface area contributed by atoms with Crippen molar-refractivity contribution < 1.29 is 8.42 Å². The second-order valence-electron chi connectivity index (χ2n) is 3.56. The highest BCUT2D eigenvalue weighted by molar-refractivity contribution is 7.92. The molecule has 0 aromatic carbocycles. The van der Waals surface area contributed by atoms with Crippen molar-refractivity contribution in [1.82, 2.24) is 15.0 Å². The van der Waals surface area contributed by atoms with E-state index in [1.54, 1.807) is 12.1 Å². The van der Waals surface area contributed by atoms with Gasteiger partial charge in [-0.05, 0) is 25.1 Å². The molecular weight excluding hydrogens is 266 g/mol. The Labute approximate surface area is 111 Å². The summed E-state index contributed by atoms with van der Waals surface area (Å²) in [5.74, 6) is 0.322. The Morgan fingerprint density at radius 2 is 1.79 bits per heavy atom. The minimum atomic E-state index is -3.77. The molecule has 0 amide bonds. The van der Waals surface area contributed by atoms with Crippen LogP contribution in [-0.4, -0.2) is 29.9 Å². The zero-order chi connectivity index (χ0) is 13.7. The molecule has 0 saturated heterocycles. The first-order chi connectivity index (χ1) is 9.13. The lowest BCUT2D eigenvalue weighted by Crippen LogP contribution is -2.17. The molecule has 0 radical (unpaired) electrons. The fourth-order valence-electron chi connectivity index (χ4n) is 1.43. The van der Waals surface area contributed by atoms with Gasteiger partial charge in [-0.1, -0.05) is 0 Å². The molecule has 2 N–H and O–H groups in total. The number of sulfonamides is 1. The van der Waals surface area contributed by atoms with E-state index in [1.807, 2.05) is 6.92 Å². The Hall–Kier alpha value is -2.22. The number of nitrogens with zero attached hydrogens (tertiary/aromatic N) is 3. The number of hydrogen-bond acceptors (Lipinski definition) is 6. The van der Waals surface area contributed by atoms with E-state index >= 15 is 0 Å². The molecule has 0 aliphatic heterocycles. The van der Waals surface area contributed by atoms with Crippen LogP contribution < -0.4 is 10.0 Å². The van der Waals surface area contributed by atoms with Gasteiger partial charge in [0.2, 0.25) is 5.95 Å². The Kier molecular flexibility index (Phi) is 3.91. The molecule has 2 heterocycles. The molecule has 0 spiro atoms. The summed E-state index contributed by atoms with van der Waals surface area (Å²) < 4.78 is 26.8. The minimum absolute atomic E-state index is 0.0220. The van der Waals surface area contributed by atoms with Crippen LogP contribution in [0, 0.1) is 0 Å². The van der Waals surface area contributed by atoms with Gasteiger partial charge in [-0.25, -0.2) is 28.1 Å². The van der Waals surface area contributed by atoms with Gasteiger partial charge in [0.25, 0.3) is 10.0 Å². The van der Waals surface area contributed by atoms with E-state index in [-0.39, 0.29) is 10.8 Å². The summed E-state index contributed by atoms with van der Waals surface area (Å²) in [5.41, 5.74) is 0. The molecule has 0 saturated carbocycles. The zero-order valence-corrected chi connectivity index (χ0v) is 11.1. The average Bonchev–Trinajstić information content (AvgIpc) is 2.40. The van der Waals surface area contributed by atoms with Gasteiger partial charge in [0, 0.05) is 25.1 Å². The number of pyridine rings is 1. The molecule has 0 atom stereocenters. The van der Waals surface area contributed by atoms with Gasteiger partial charge >= 0.3 is 0 Å². The molecule has 7 nitrogen and oxygen atoms in total. The summed E-state index contributed by atoms with van der Waals surface area (Å²) in [6.45, 7) is 2.43. The van der Waals surface area contributed by atoms with E-state index in [1.165, 1.54) is 24.7 Å². The van der Waals surface area contributed by atoms with Crippen molar-refractivity contribution in [3.05, 3.63) is 36.8 Å². The molecule has 2 aromatic heterocycles. The Balaban J connectivity index is 2.35. The fourth-order valence-corrected chi connectivity index (χ4v) is 2.53. The van der Waals surface area contributed by atoms with Crippen LogP contribution in [0.2, 0.25) is 0 Å². The van der Waals surface area contributed by atoms with E-state index in [0.717, 1.165) is 0 Å². The standard InChI is InChI=1S/C11H13N5O2S/c1-2-12-10-9(5-3-6-13-10)19(17,18)16-11-14-7-4-8-15-11/h3-8H,2H2,1H3,(H,12,13)(H,14,15,16). The van der Waals surface area contributed by atoms with Crippen LogP contribution in [0.5, 0.6) is 0 Å². The van der Waals surface area contributed by atoms with E-state index in [9.17, 15) is 8.42 Å². The van der Waals surface area contributed by atoms with Crippen LogP contribution in [0.1, 0.15) is 6.92 Å². The maximum absolute atomic E-state index is 12.2. The lowest BCUT2D eigenvalue weighted by atomic mass is 10.4. The van der Waals surface area contributed by atoms with Crippen molar-refractivity contribution in [3.63, 3.8) is 0 Å². The number of rotatable bonds is 5. The highest BCUT2D eigenvalue weighted by atomic mass is 32.2. The van der Waals surface area contributed by atoms with E-state index < -0.39 is 10.0 Å². The monoisotopic (exact) mass is 279 g/mol. The van der Waals surface area contributed by atoms with Crippen LogP contribution in [0.15, 0.2) is 41.7 Å². The van der Waals surface area contributed by atoms with Crippen molar-refractivity contribution in [1.29, 1.82) is 0 Å². The Morgan fingerprint density at radius 3 is 2.47 bits per heavy atom. The molecular formula is C11H13N5O2S. The van der Waals surface area contributed by atoms with Gasteiger partial charge in [-0.3, -0.25) is 0 Å². The SMILES string of the molecule is CCNc1ncccc1S(=O)(=O)Nc1ncccn1. The second kappa shape index (κ2) is 5.61. The largest absolute Gasteiger partial charge is 0.369 e. The summed E-state index contributed by atoms with van der Waals surface area (Å²) in [4.78, 5) is 11.7. The highest BCUT2D eigenvalue weighted by Crippen LogP contribution is 2.19. The summed E-state index contributed by atoms with van der Waals surface area (Å²) in [6.07, 6.45) is 4.44. The van der Waals surface area contributed by atoms with Crippen molar-refractivity contribution >= 4 is 21.8 Å². The van der Waals surface area contributed by atoms with Crippen LogP contribution in [0.25, 0.3) is 0 Å². The lowest BCUT2D eigenvalue weighted by Gasteiger charge is -2.10. The molecule has 0 fully saturated rings. The third-order valence-corrected chi connectivity index (χ3v) is 3.56. The van der Waals surface area contributed by atoms with Gasteiger partial charge in [0.1, 0.15) is 10.7 Å². The van der Waals surface area contributed by atoms with Crippen LogP contribution in [0.4, 0.5) is 11.8 Å². The van der Waals surface area contributed by atoms with E-state index in [4.69, 9.17) is 0 Å². The number of nitrogens with one attached hydrogen (secondary N) is 2. The number of aromatic nitrogens is 3. The zero-order valence-electron chi connectivity index (χ0n) is 10.2. The first-order valence-corrected chi connectivity index (χ1v) is 7.10. The summed E-state index contributed by atoms with van der Waals surface area (Å²) in [6, 6.07) is 4.63. The van der Waals surface area contributed by atoms with Crippen molar-refractivity contribution in [3.8, 4) is 0 Å². The number of anilines is 2. The minimum Gasteiger partial charge on any atom is -0.369 e. The lowest BCUT2D eigenvalue weighted by molar-refractivity contribution is 0.600. The molecule has 2 rings (SSSR count). The second-order valence-corrected chi connectivity index (χ2v) is 5.21. The molecule has 8 heteroatoms. The predicted octanol–water partition coefficient (Wildman–Crippen LogP) is 1.10. The molecule has 19 heavy (non-hydrogen) atoms. The van der Waals surface area contributed by atoms with Crippen LogP contribution in [-0.2, 0) is 10.0 Å². The third-order valence-electron chi connectivity index (χ3n) is 2.20. The van der Waals surface area contributed by atoms with E-state index in [2.05, 4.69) is 25.0 Å².